The third kappa shape index (κ3) is 8.22. The van der Waals surface area contributed by atoms with Crippen molar-refractivity contribution in [1.82, 2.24) is 0 Å². The van der Waals surface area contributed by atoms with Crippen LogP contribution in [0.25, 0.3) is 6.08 Å². The van der Waals surface area contributed by atoms with Gasteiger partial charge in [0, 0.05) is 18.4 Å². The van der Waals surface area contributed by atoms with E-state index in [2.05, 4.69) is 0 Å². The molecule has 0 radical (unpaired) electrons. The molecule has 27 heavy (non-hydrogen) atoms. The maximum Gasteiger partial charge on any atom is 0.158 e. The van der Waals surface area contributed by atoms with Gasteiger partial charge in [0.05, 0.1) is 12.7 Å². The van der Waals surface area contributed by atoms with Crippen LogP contribution in [0.4, 0.5) is 0 Å². The van der Waals surface area contributed by atoms with Gasteiger partial charge in [0.15, 0.2) is 5.78 Å². The molecule has 0 saturated carbocycles. The van der Waals surface area contributed by atoms with E-state index in [1.54, 1.807) is 32.1 Å². The minimum atomic E-state index is -1.34. The number of aryl methyl sites for hydroxylation is 1. The van der Waals surface area contributed by atoms with Crippen LogP contribution in [0.5, 0.6) is 11.5 Å². The molecule has 0 unspecified atom stereocenters. The molecule has 0 fully saturated rings. The minimum absolute atomic E-state index is 0.0618. The van der Waals surface area contributed by atoms with Crippen LogP contribution in [0.15, 0.2) is 29.9 Å². The highest BCUT2D eigenvalue weighted by molar-refractivity contribution is 5.91. The second-order valence-electron chi connectivity index (χ2n) is 7.26. The van der Waals surface area contributed by atoms with Gasteiger partial charge in [-0.05, 0) is 64.3 Å². The lowest BCUT2D eigenvalue weighted by Gasteiger charge is -2.18. The Kier molecular flexibility index (Phi) is 8.44. The summed E-state index contributed by atoms with van der Waals surface area (Å²) in [7, 11) is 1.54. The first-order valence-electron chi connectivity index (χ1n) is 9.02. The van der Waals surface area contributed by atoms with Gasteiger partial charge in [-0.25, -0.2) is 0 Å². The van der Waals surface area contributed by atoms with Crippen molar-refractivity contribution in [2.45, 2.75) is 59.0 Å². The molecule has 0 saturated heterocycles. The molecular weight excluding hydrogens is 344 g/mol. The van der Waals surface area contributed by atoms with Gasteiger partial charge in [-0.2, -0.15) is 0 Å². The number of hydrogen-bond acceptors (Lipinski definition) is 5. The number of phenolic OH excluding ortho intramolecular Hbond substituents is 1. The third-order valence-corrected chi connectivity index (χ3v) is 4.15. The van der Waals surface area contributed by atoms with Gasteiger partial charge in [0.1, 0.15) is 17.3 Å². The number of phenols is 1. The van der Waals surface area contributed by atoms with Crippen LogP contribution < -0.4 is 4.74 Å². The van der Waals surface area contributed by atoms with E-state index in [9.17, 15) is 19.8 Å². The molecule has 0 aliphatic carbocycles. The van der Waals surface area contributed by atoms with E-state index in [1.165, 1.54) is 19.3 Å². The molecule has 0 heterocycles. The maximum absolute atomic E-state index is 12.2. The molecule has 1 aromatic carbocycles. The van der Waals surface area contributed by atoms with Crippen molar-refractivity contribution in [3.05, 3.63) is 41.0 Å². The number of hydrogen-bond donors (Lipinski definition) is 2. The Balaban J connectivity index is 2.79. The predicted molar refractivity (Wildman–Crippen MR) is 107 cm³/mol. The van der Waals surface area contributed by atoms with Gasteiger partial charge in [-0.15, -0.1) is 0 Å². The minimum Gasteiger partial charge on any atom is -0.508 e. The van der Waals surface area contributed by atoms with E-state index >= 15 is 0 Å². The maximum atomic E-state index is 12.2. The van der Waals surface area contributed by atoms with Crippen molar-refractivity contribution < 1.29 is 24.5 Å². The Morgan fingerprint density at radius 2 is 1.89 bits per heavy atom. The van der Waals surface area contributed by atoms with Gasteiger partial charge < -0.3 is 19.7 Å². The molecule has 5 nitrogen and oxygen atoms in total. The highest BCUT2D eigenvalue weighted by Gasteiger charge is 2.20. The zero-order valence-corrected chi connectivity index (χ0v) is 16.8. The molecule has 1 aromatic rings. The van der Waals surface area contributed by atoms with Gasteiger partial charge in [-0.3, -0.25) is 4.79 Å². The summed E-state index contributed by atoms with van der Waals surface area (Å²) in [6.45, 7) is 6.78. The summed E-state index contributed by atoms with van der Waals surface area (Å²) >= 11 is 0. The SMILES string of the molecule is COc1c(C)cc(O)cc1/C=C/[C@](C)(O)CC(=O)/C=C(\C)CCCC(C)=O. The van der Waals surface area contributed by atoms with Crippen LogP contribution in [0.3, 0.4) is 0 Å². The van der Waals surface area contributed by atoms with Gasteiger partial charge in [-0.1, -0.05) is 17.7 Å². The standard InChI is InChI=1S/C22H30O5/c1-15(7-6-8-17(3)23)11-20(25)14-22(4,26)10-9-18-13-19(24)12-16(2)21(18)27-5/h9-13,24,26H,6-8,14H2,1-5H3/b10-9+,15-11+/t22-/m0/s1. The summed E-state index contributed by atoms with van der Waals surface area (Å²) in [6.07, 6.45) is 6.55. The highest BCUT2D eigenvalue weighted by Crippen LogP contribution is 2.30. The van der Waals surface area contributed by atoms with Crippen molar-refractivity contribution in [2.75, 3.05) is 7.11 Å². The van der Waals surface area contributed by atoms with E-state index < -0.39 is 5.60 Å². The Labute approximate surface area is 161 Å². The second-order valence-corrected chi connectivity index (χ2v) is 7.26. The van der Waals surface area contributed by atoms with Crippen LogP contribution in [-0.2, 0) is 9.59 Å². The quantitative estimate of drug-likeness (QED) is 0.601. The monoisotopic (exact) mass is 374 g/mol. The zero-order chi connectivity index (χ0) is 20.6. The topological polar surface area (TPSA) is 83.8 Å². The van der Waals surface area contributed by atoms with E-state index in [-0.39, 0.29) is 23.7 Å². The second kappa shape index (κ2) is 10.1. The number of rotatable bonds is 10. The first-order valence-corrected chi connectivity index (χ1v) is 9.02. The van der Waals surface area contributed by atoms with Crippen molar-refractivity contribution in [2.24, 2.45) is 0 Å². The molecule has 1 atom stereocenters. The largest absolute Gasteiger partial charge is 0.508 e. The molecule has 1 rings (SSSR count). The number of ether oxygens (including phenoxy) is 1. The smallest absolute Gasteiger partial charge is 0.158 e. The van der Waals surface area contributed by atoms with Gasteiger partial charge in [0.2, 0.25) is 0 Å². The fourth-order valence-electron chi connectivity index (χ4n) is 2.88. The zero-order valence-electron chi connectivity index (χ0n) is 16.8. The van der Waals surface area contributed by atoms with Gasteiger partial charge >= 0.3 is 0 Å². The van der Waals surface area contributed by atoms with Crippen LogP contribution in [0.1, 0.15) is 57.6 Å². The van der Waals surface area contributed by atoms with Crippen molar-refractivity contribution in [3.63, 3.8) is 0 Å². The Hall–Kier alpha value is -2.40. The van der Waals surface area contributed by atoms with E-state index in [1.807, 2.05) is 13.8 Å². The summed E-state index contributed by atoms with van der Waals surface area (Å²) in [6, 6.07) is 3.14. The van der Waals surface area contributed by atoms with Crippen LogP contribution in [-0.4, -0.2) is 34.5 Å². The molecule has 0 aliphatic rings. The van der Waals surface area contributed by atoms with Crippen LogP contribution in [0.2, 0.25) is 0 Å². The highest BCUT2D eigenvalue weighted by atomic mass is 16.5. The Bertz CT molecular complexity index is 741. The van der Waals surface area contributed by atoms with Gasteiger partial charge in [0.25, 0.3) is 0 Å². The summed E-state index contributed by atoms with van der Waals surface area (Å²) in [5.41, 5.74) is 0.958. The third-order valence-electron chi connectivity index (χ3n) is 4.15. The molecule has 5 heteroatoms. The molecule has 148 valence electrons. The van der Waals surface area contributed by atoms with Crippen LogP contribution in [0, 0.1) is 6.92 Å². The summed E-state index contributed by atoms with van der Waals surface area (Å²) in [5.74, 6) is 0.670. The number of Topliss-reactive ketones (excluding diaryl/α,β-unsaturated/α-hetero) is 1. The first kappa shape index (κ1) is 22.6. The van der Waals surface area contributed by atoms with Crippen LogP contribution >= 0.6 is 0 Å². The average molecular weight is 374 g/mol. The number of ketones is 2. The average Bonchev–Trinajstić information content (AvgIpc) is 2.51. The fourth-order valence-corrected chi connectivity index (χ4v) is 2.88. The molecular formula is C22H30O5. The van der Waals surface area contributed by atoms with E-state index in [4.69, 9.17) is 4.74 Å². The lowest BCUT2D eigenvalue weighted by molar-refractivity contribution is -0.118. The number of carbonyl (C=O) groups is 2. The summed E-state index contributed by atoms with van der Waals surface area (Å²) in [5, 5.41) is 20.3. The molecule has 0 spiro atoms. The van der Waals surface area contributed by atoms with E-state index in [0.29, 0.717) is 24.2 Å². The lowest BCUT2D eigenvalue weighted by Crippen LogP contribution is -2.24. The lowest BCUT2D eigenvalue weighted by atomic mass is 9.95. The van der Waals surface area contributed by atoms with Crippen molar-refractivity contribution in [3.8, 4) is 11.5 Å². The first-order chi connectivity index (χ1) is 12.5. The number of allylic oxidation sites excluding steroid dienone is 2. The number of aliphatic hydroxyl groups is 1. The number of aromatic hydroxyl groups is 1. The predicted octanol–water partition coefficient (Wildman–Crippen LogP) is 4.14. The normalized spacial score (nSPS) is 14.2. The molecule has 0 bridgehead atoms. The summed E-state index contributed by atoms with van der Waals surface area (Å²) in [4.78, 5) is 23.2. The molecule has 0 aliphatic heterocycles. The number of carbonyl (C=O) groups excluding carboxylic acids is 2. The number of benzene rings is 1. The Morgan fingerprint density at radius 1 is 1.22 bits per heavy atom. The number of methoxy groups -OCH3 is 1. The molecule has 0 amide bonds. The fraction of sp³-hybridized carbons (Fsp3) is 0.455. The Morgan fingerprint density at radius 3 is 2.48 bits per heavy atom. The van der Waals surface area contributed by atoms with Crippen molar-refractivity contribution in [1.29, 1.82) is 0 Å². The van der Waals surface area contributed by atoms with E-state index in [0.717, 1.165) is 17.6 Å². The molecule has 2 N–H and O–H groups in total. The summed E-state index contributed by atoms with van der Waals surface area (Å²) < 4.78 is 5.34. The van der Waals surface area contributed by atoms with Crippen molar-refractivity contribution >= 4 is 17.6 Å². The molecule has 0 aromatic heterocycles.